The maximum absolute atomic E-state index is 5.46. The highest BCUT2D eigenvalue weighted by Crippen LogP contribution is 2.05. The van der Waals surface area contributed by atoms with E-state index >= 15 is 0 Å². The van der Waals surface area contributed by atoms with Gasteiger partial charge in [-0.25, -0.2) is 0 Å². The molecule has 0 fully saturated rings. The van der Waals surface area contributed by atoms with Gasteiger partial charge < -0.3 is 15.1 Å². The van der Waals surface area contributed by atoms with Crippen molar-refractivity contribution in [2.75, 3.05) is 6.54 Å². The summed E-state index contributed by atoms with van der Waals surface area (Å²) in [6.07, 6.45) is 0.961. The summed E-state index contributed by atoms with van der Waals surface area (Å²) in [5.41, 5.74) is 1.31. The van der Waals surface area contributed by atoms with Gasteiger partial charge in [0.25, 0.3) is 0 Å². The highest BCUT2D eigenvalue weighted by molar-refractivity contribution is 7.80. The number of hydrogen-bond acceptors (Lipinski definition) is 2. The summed E-state index contributed by atoms with van der Waals surface area (Å²) in [6.45, 7) is 3.37. The van der Waals surface area contributed by atoms with Crippen molar-refractivity contribution >= 4 is 17.3 Å². The third-order valence-electron chi connectivity index (χ3n) is 2.76. The molecule has 0 aliphatic rings. The van der Waals surface area contributed by atoms with E-state index in [4.69, 9.17) is 16.6 Å². The molecule has 1 heterocycles. The first-order valence-electron chi connectivity index (χ1n) is 6.35. The molecular formula is C15H18N2OS. The minimum absolute atomic E-state index is 0.616. The summed E-state index contributed by atoms with van der Waals surface area (Å²) in [7, 11) is 0. The molecule has 0 aliphatic carbocycles. The Hall–Kier alpha value is -1.81. The molecule has 19 heavy (non-hydrogen) atoms. The van der Waals surface area contributed by atoms with Crippen molar-refractivity contribution in [3.8, 4) is 0 Å². The van der Waals surface area contributed by atoms with Gasteiger partial charge >= 0.3 is 0 Å². The van der Waals surface area contributed by atoms with Crippen LogP contribution in [0.25, 0.3) is 0 Å². The largest absolute Gasteiger partial charge is 0.465 e. The molecule has 0 amide bonds. The average molecular weight is 274 g/mol. The predicted octanol–water partition coefficient (Wildman–Crippen LogP) is 2.79. The summed E-state index contributed by atoms with van der Waals surface area (Å²) in [5, 5.41) is 6.97. The first-order valence-corrected chi connectivity index (χ1v) is 6.76. The number of benzene rings is 1. The van der Waals surface area contributed by atoms with E-state index in [2.05, 4.69) is 22.8 Å². The van der Waals surface area contributed by atoms with Gasteiger partial charge in [0.15, 0.2) is 5.11 Å². The van der Waals surface area contributed by atoms with Crippen molar-refractivity contribution in [3.63, 3.8) is 0 Å². The molecule has 0 aliphatic heterocycles. The van der Waals surface area contributed by atoms with E-state index in [0.717, 1.165) is 24.5 Å². The minimum Gasteiger partial charge on any atom is -0.465 e. The van der Waals surface area contributed by atoms with Crippen LogP contribution >= 0.6 is 12.2 Å². The zero-order valence-electron chi connectivity index (χ0n) is 11.0. The van der Waals surface area contributed by atoms with Gasteiger partial charge in [0.1, 0.15) is 11.5 Å². The number of furan rings is 1. The fourth-order valence-corrected chi connectivity index (χ4v) is 1.95. The zero-order chi connectivity index (χ0) is 13.5. The van der Waals surface area contributed by atoms with Gasteiger partial charge in [0, 0.05) is 6.54 Å². The fourth-order valence-electron chi connectivity index (χ4n) is 1.78. The standard InChI is InChI=1S/C15H18N2OS/c1-12-7-8-14(18-12)11-17-15(19)16-10-9-13-5-3-2-4-6-13/h2-8H,9-11H2,1H3,(H2,16,17,19). The molecule has 0 atom stereocenters. The lowest BCUT2D eigenvalue weighted by atomic mass is 10.1. The SMILES string of the molecule is Cc1ccc(CNC(=S)NCCc2ccccc2)o1. The van der Waals surface area contributed by atoms with Gasteiger partial charge in [-0.3, -0.25) is 0 Å². The number of nitrogens with one attached hydrogen (secondary N) is 2. The number of thiocarbonyl (C=S) groups is 1. The summed E-state index contributed by atoms with van der Waals surface area (Å²) < 4.78 is 5.46. The molecule has 0 unspecified atom stereocenters. The van der Waals surface area contributed by atoms with Crippen LogP contribution in [0.4, 0.5) is 0 Å². The van der Waals surface area contributed by atoms with Crippen LogP contribution in [0.5, 0.6) is 0 Å². The minimum atomic E-state index is 0.616. The molecule has 0 radical (unpaired) electrons. The third kappa shape index (κ3) is 4.75. The summed E-state index contributed by atoms with van der Waals surface area (Å²) >= 11 is 5.21. The van der Waals surface area contributed by atoms with Crippen LogP contribution in [0.15, 0.2) is 46.9 Å². The van der Waals surface area contributed by atoms with Crippen LogP contribution < -0.4 is 10.6 Å². The molecule has 2 aromatic rings. The van der Waals surface area contributed by atoms with Gasteiger partial charge in [0.05, 0.1) is 6.54 Å². The van der Waals surface area contributed by atoms with Crippen molar-refractivity contribution in [2.24, 2.45) is 0 Å². The monoisotopic (exact) mass is 274 g/mol. The third-order valence-corrected chi connectivity index (χ3v) is 3.05. The molecule has 0 bridgehead atoms. The van der Waals surface area contributed by atoms with Crippen molar-refractivity contribution in [3.05, 3.63) is 59.5 Å². The average Bonchev–Trinajstić information content (AvgIpc) is 2.83. The van der Waals surface area contributed by atoms with Crippen LogP contribution in [0.3, 0.4) is 0 Å². The molecule has 100 valence electrons. The Morgan fingerprint density at radius 1 is 1.11 bits per heavy atom. The molecule has 1 aromatic carbocycles. The first kappa shape index (κ1) is 13.6. The molecular weight excluding hydrogens is 256 g/mol. The predicted molar refractivity (Wildman–Crippen MR) is 81.0 cm³/mol. The second kappa shape index (κ2) is 6.95. The highest BCUT2D eigenvalue weighted by atomic mass is 32.1. The normalized spacial score (nSPS) is 10.2. The van der Waals surface area contributed by atoms with E-state index in [1.807, 2.05) is 37.3 Å². The van der Waals surface area contributed by atoms with Crippen LogP contribution in [0, 0.1) is 6.92 Å². The van der Waals surface area contributed by atoms with E-state index in [1.54, 1.807) is 0 Å². The van der Waals surface area contributed by atoms with Gasteiger partial charge in [-0.15, -0.1) is 0 Å². The summed E-state index contributed by atoms with van der Waals surface area (Å²) in [5.74, 6) is 1.81. The molecule has 2 rings (SSSR count). The number of rotatable bonds is 5. The Balaban J connectivity index is 1.65. The van der Waals surface area contributed by atoms with Crippen LogP contribution in [0.2, 0.25) is 0 Å². The molecule has 3 nitrogen and oxygen atoms in total. The van der Waals surface area contributed by atoms with Gasteiger partial charge in [-0.2, -0.15) is 0 Å². The smallest absolute Gasteiger partial charge is 0.166 e. The zero-order valence-corrected chi connectivity index (χ0v) is 11.8. The molecule has 0 saturated carbocycles. The van der Waals surface area contributed by atoms with E-state index in [-0.39, 0.29) is 0 Å². The van der Waals surface area contributed by atoms with Gasteiger partial charge in [-0.1, -0.05) is 30.3 Å². The lowest BCUT2D eigenvalue weighted by molar-refractivity contribution is 0.477. The molecule has 2 N–H and O–H groups in total. The second-order valence-corrected chi connectivity index (χ2v) is 4.77. The summed E-state index contributed by atoms with van der Waals surface area (Å²) in [4.78, 5) is 0. The Morgan fingerprint density at radius 2 is 1.89 bits per heavy atom. The Morgan fingerprint density at radius 3 is 2.58 bits per heavy atom. The molecule has 1 aromatic heterocycles. The summed E-state index contributed by atoms with van der Waals surface area (Å²) in [6, 6.07) is 14.2. The maximum Gasteiger partial charge on any atom is 0.166 e. The number of hydrogen-bond donors (Lipinski definition) is 2. The van der Waals surface area contributed by atoms with E-state index < -0.39 is 0 Å². The Bertz CT molecular complexity index is 522. The maximum atomic E-state index is 5.46. The molecule has 0 spiro atoms. The van der Waals surface area contributed by atoms with Gasteiger partial charge in [-0.05, 0) is 43.3 Å². The van der Waals surface area contributed by atoms with E-state index in [9.17, 15) is 0 Å². The van der Waals surface area contributed by atoms with E-state index in [0.29, 0.717) is 11.7 Å². The highest BCUT2D eigenvalue weighted by Gasteiger charge is 2.00. The lowest BCUT2D eigenvalue weighted by Gasteiger charge is -2.09. The molecule has 0 saturated heterocycles. The topological polar surface area (TPSA) is 37.2 Å². The van der Waals surface area contributed by atoms with Gasteiger partial charge in [0.2, 0.25) is 0 Å². The van der Waals surface area contributed by atoms with E-state index in [1.165, 1.54) is 5.56 Å². The van der Waals surface area contributed by atoms with Crippen LogP contribution in [-0.2, 0) is 13.0 Å². The first-order chi connectivity index (χ1) is 9.24. The van der Waals surface area contributed by atoms with Crippen molar-refractivity contribution < 1.29 is 4.42 Å². The van der Waals surface area contributed by atoms with Crippen molar-refractivity contribution in [1.82, 2.24) is 10.6 Å². The van der Waals surface area contributed by atoms with Crippen LogP contribution in [0.1, 0.15) is 17.1 Å². The fraction of sp³-hybridized carbons (Fsp3) is 0.267. The quantitative estimate of drug-likeness (QED) is 0.822. The van der Waals surface area contributed by atoms with Crippen LogP contribution in [-0.4, -0.2) is 11.7 Å². The van der Waals surface area contributed by atoms with Crippen molar-refractivity contribution in [2.45, 2.75) is 19.9 Å². The number of aryl methyl sites for hydroxylation is 1. The molecule has 4 heteroatoms. The Kier molecular flexibility index (Phi) is 4.98. The Labute approximate surface area is 119 Å². The lowest BCUT2D eigenvalue weighted by Crippen LogP contribution is -2.35. The van der Waals surface area contributed by atoms with Crippen molar-refractivity contribution in [1.29, 1.82) is 0 Å². The second-order valence-electron chi connectivity index (χ2n) is 4.36.